The van der Waals surface area contributed by atoms with Crippen LogP contribution < -0.4 is 16.1 Å². The Morgan fingerprint density at radius 2 is 1.83 bits per heavy atom. The number of carbonyl (C=O) groups is 1. The van der Waals surface area contributed by atoms with Crippen molar-refractivity contribution in [3.05, 3.63) is 23.8 Å². The van der Waals surface area contributed by atoms with Crippen molar-refractivity contribution in [1.82, 2.24) is 20.1 Å². The lowest BCUT2D eigenvalue weighted by atomic mass is 9.83. The molecule has 2 saturated heterocycles. The highest BCUT2D eigenvalue weighted by molar-refractivity contribution is 7.89. The molecule has 2 saturated carbocycles. The van der Waals surface area contributed by atoms with Crippen LogP contribution in [0.2, 0.25) is 0 Å². The van der Waals surface area contributed by atoms with Gasteiger partial charge in [-0.15, -0.1) is 0 Å². The molecule has 5 aliphatic rings. The number of hydrazine groups is 1. The first kappa shape index (κ1) is 24.2. The molecule has 2 aliphatic carbocycles. The number of carbonyl (C=O) groups excluding carboxylic acids is 1. The Morgan fingerprint density at radius 3 is 2.64 bits per heavy atom. The summed E-state index contributed by atoms with van der Waals surface area (Å²) in [4.78, 5) is 13.4. The number of hydrogen-bond acceptors (Lipinski definition) is 7. The van der Waals surface area contributed by atoms with Gasteiger partial charge in [-0.2, -0.15) is 9.57 Å². The third-order valence-corrected chi connectivity index (χ3v) is 10.9. The number of anilines is 1. The lowest BCUT2D eigenvalue weighted by molar-refractivity contribution is -0.128. The average molecular weight is 513 g/mol. The van der Waals surface area contributed by atoms with Gasteiger partial charge in [-0.3, -0.25) is 4.79 Å². The highest BCUT2D eigenvalue weighted by atomic mass is 32.2. The van der Waals surface area contributed by atoms with Crippen LogP contribution in [-0.2, 0) is 21.4 Å². The summed E-state index contributed by atoms with van der Waals surface area (Å²) in [6.45, 7) is 1.65. The first-order valence-electron chi connectivity index (χ1n) is 13.6. The van der Waals surface area contributed by atoms with E-state index in [0.717, 1.165) is 56.2 Å². The van der Waals surface area contributed by atoms with Crippen molar-refractivity contribution in [3.8, 4) is 6.07 Å². The van der Waals surface area contributed by atoms with Crippen LogP contribution in [0.4, 0.5) is 5.69 Å². The van der Waals surface area contributed by atoms with E-state index in [1.54, 1.807) is 10.4 Å². The molecule has 4 fully saturated rings. The Balaban J connectivity index is 1.22. The van der Waals surface area contributed by atoms with E-state index in [1.807, 2.05) is 12.1 Å². The van der Waals surface area contributed by atoms with Gasteiger partial charge in [-0.25, -0.2) is 18.9 Å². The summed E-state index contributed by atoms with van der Waals surface area (Å²) in [5.74, 6) is 0.163. The van der Waals surface area contributed by atoms with Crippen molar-refractivity contribution in [2.45, 2.75) is 87.5 Å². The lowest BCUT2D eigenvalue weighted by Gasteiger charge is -2.39. The Kier molecular flexibility index (Phi) is 6.44. The molecule has 36 heavy (non-hydrogen) atoms. The van der Waals surface area contributed by atoms with Crippen LogP contribution in [-0.4, -0.2) is 55.0 Å². The smallest absolute Gasteiger partial charge is 0.243 e. The number of hydrogen-bond donors (Lipinski definition) is 3. The fourth-order valence-electron chi connectivity index (χ4n) is 7.18. The quantitative estimate of drug-likeness (QED) is 0.555. The minimum Gasteiger partial charge on any atom is -0.368 e. The minimum atomic E-state index is -3.45. The molecule has 3 heterocycles. The molecule has 10 heteroatoms. The molecule has 6 rings (SSSR count). The van der Waals surface area contributed by atoms with Gasteiger partial charge < -0.3 is 10.6 Å². The monoisotopic (exact) mass is 512 g/mol. The Labute approximate surface area is 213 Å². The van der Waals surface area contributed by atoms with Crippen LogP contribution in [0.25, 0.3) is 0 Å². The number of sulfonamides is 1. The molecule has 1 aromatic rings. The van der Waals surface area contributed by atoms with E-state index >= 15 is 0 Å². The number of benzene rings is 1. The molecule has 194 valence electrons. The lowest BCUT2D eigenvalue weighted by Crippen LogP contribution is -2.54. The molecule has 1 amide bonds. The van der Waals surface area contributed by atoms with Gasteiger partial charge in [0.15, 0.2) is 0 Å². The summed E-state index contributed by atoms with van der Waals surface area (Å²) in [6, 6.07) is 8.09. The second-order valence-electron chi connectivity index (χ2n) is 11.2. The van der Waals surface area contributed by atoms with Crippen molar-refractivity contribution < 1.29 is 13.2 Å². The highest BCUT2D eigenvalue weighted by Crippen LogP contribution is 2.38. The molecule has 3 unspecified atom stereocenters. The molecule has 1 aromatic carbocycles. The fraction of sp³-hybridized carbons (Fsp3) is 0.692. The van der Waals surface area contributed by atoms with E-state index in [0.29, 0.717) is 30.4 Å². The number of rotatable bonds is 5. The van der Waals surface area contributed by atoms with Gasteiger partial charge in [0.25, 0.3) is 0 Å². The second kappa shape index (κ2) is 9.60. The van der Waals surface area contributed by atoms with Crippen molar-refractivity contribution in [3.63, 3.8) is 0 Å². The predicted octanol–water partition coefficient (Wildman–Crippen LogP) is 2.53. The molecular formula is C26H36N6O3S. The van der Waals surface area contributed by atoms with Crippen molar-refractivity contribution in [1.29, 1.82) is 5.26 Å². The van der Waals surface area contributed by atoms with Crippen molar-refractivity contribution in [2.24, 2.45) is 17.8 Å². The Morgan fingerprint density at radius 1 is 1.06 bits per heavy atom. The molecule has 3 N–H and O–H groups in total. The van der Waals surface area contributed by atoms with E-state index in [4.69, 9.17) is 0 Å². The second-order valence-corrected chi connectivity index (χ2v) is 13.1. The molecule has 9 nitrogen and oxygen atoms in total. The minimum absolute atomic E-state index is 0.0227. The van der Waals surface area contributed by atoms with Gasteiger partial charge in [0.05, 0.1) is 22.8 Å². The number of nitrogens with zero attached hydrogens (tertiary/aromatic N) is 3. The molecule has 3 aliphatic heterocycles. The summed E-state index contributed by atoms with van der Waals surface area (Å²) in [6.07, 6.45) is 9.15. The number of amides is 1. The largest absolute Gasteiger partial charge is 0.368 e. The number of fused-ring (bicyclic) bond motifs is 2. The summed E-state index contributed by atoms with van der Waals surface area (Å²) < 4.78 is 27.9. The van der Waals surface area contributed by atoms with Crippen LogP contribution in [0.15, 0.2) is 23.1 Å². The number of nitrogens with one attached hydrogen (secondary N) is 3. The van der Waals surface area contributed by atoms with Gasteiger partial charge in [0.2, 0.25) is 15.9 Å². The normalized spacial score (nSPS) is 34.6. The topological polar surface area (TPSA) is 118 Å². The standard InChI is InChI=1S/C26H36N6O3S/c27-14-18-7-3-4-8-21(18)32-22-11-12-28-26(33)24(22)25(30-32)29-20-9-10-23-19(13-20)16-31(36(23,34)35)15-17-5-1-2-6-17/h9-10,13,17-18,21-22,24-25,29-30H,1-8,11-12,15-16H2,(H,28,33)/t18-,21+,22?,24?,25?/m1/s1. The molecule has 0 radical (unpaired) electrons. The molecule has 0 spiro atoms. The molecule has 5 atom stereocenters. The van der Waals surface area contributed by atoms with Crippen LogP contribution in [0.1, 0.15) is 63.4 Å². The van der Waals surface area contributed by atoms with Crippen molar-refractivity contribution in [2.75, 3.05) is 18.4 Å². The van der Waals surface area contributed by atoms with E-state index in [2.05, 4.69) is 27.1 Å². The van der Waals surface area contributed by atoms with Crippen LogP contribution >= 0.6 is 0 Å². The maximum Gasteiger partial charge on any atom is 0.243 e. The zero-order chi connectivity index (χ0) is 24.9. The average Bonchev–Trinajstić information content (AvgIpc) is 3.57. The fourth-order valence-corrected chi connectivity index (χ4v) is 8.87. The summed E-state index contributed by atoms with van der Waals surface area (Å²) in [5, 5.41) is 18.5. The van der Waals surface area contributed by atoms with Gasteiger partial charge in [0, 0.05) is 37.4 Å². The maximum absolute atomic E-state index is 13.1. The zero-order valence-electron chi connectivity index (χ0n) is 20.7. The summed E-state index contributed by atoms with van der Waals surface area (Å²) >= 11 is 0. The summed E-state index contributed by atoms with van der Waals surface area (Å²) in [7, 11) is -3.45. The predicted molar refractivity (Wildman–Crippen MR) is 135 cm³/mol. The van der Waals surface area contributed by atoms with E-state index < -0.39 is 10.0 Å². The SMILES string of the molecule is N#C[C@H]1CCCC[C@@H]1N1NC(Nc2ccc3c(c2)CN(CC2CCCC2)S3(=O)=O)C2C(=O)NCCC21. The van der Waals surface area contributed by atoms with Gasteiger partial charge in [-0.05, 0) is 61.8 Å². The molecule has 0 aromatic heterocycles. The van der Waals surface area contributed by atoms with Crippen molar-refractivity contribution >= 4 is 21.6 Å². The first-order valence-corrected chi connectivity index (χ1v) is 15.0. The Hall–Kier alpha value is -2.19. The maximum atomic E-state index is 13.1. The first-order chi connectivity index (χ1) is 17.5. The third kappa shape index (κ3) is 4.20. The van der Waals surface area contributed by atoms with E-state index in [9.17, 15) is 18.5 Å². The van der Waals surface area contributed by atoms with Crippen LogP contribution in [0.3, 0.4) is 0 Å². The van der Waals surface area contributed by atoms with Gasteiger partial charge in [-0.1, -0.05) is 25.7 Å². The third-order valence-electron chi connectivity index (χ3n) is 9.00. The van der Waals surface area contributed by atoms with Crippen LogP contribution in [0, 0.1) is 29.1 Å². The van der Waals surface area contributed by atoms with E-state index in [1.165, 1.54) is 12.8 Å². The van der Waals surface area contributed by atoms with Gasteiger partial charge in [0.1, 0.15) is 6.17 Å². The van der Waals surface area contributed by atoms with Crippen LogP contribution in [0.5, 0.6) is 0 Å². The van der Waals surface area contributed by atoms with Gasteiger partial charge >= 0.3 is 0 Å². The summed E-state index contributed by atoms with van der Waals surface area (Å²) in [5.41, 5.74) is 5.19. The Bertz CT molecular complexity index is 1160. The number of piperidine rings is 1. The van der Waals surface area contributed by atoms with E-state index in [-0.39, 0.29) is 36.0 Å². The zero-order valence-corrected chi connectivity index (χ0v) is 21.5. The molecular weight excluding hydrogens is 476 g/mol. The highest BCUT2D eigenvalue weighted by Gasteiger charge is 2.51. The number of nitriles is 1. The molecule has 0 bridgehead atoms.